The van der Waals surface area contributed by atoms with Crippen molar-refractivity contribution in [2.45, 2.75) is 19.5 Å². The van der Waals surface area contributed by atoms with E-state index in [1.165, 1.54) is 6.33 Å². The zero-order valence-electron chi connectivity index (χ0n) is 17.7. The maximum atomic E-state index is 13.2. The van der Waals surface area contributed by atoms with Crippen molar-refractivity contribution in [1.29, 1.82) is 5.26 Å². The minimum absolute atomic E-state index is 0.0672. The molecule has 0 radical (unpaired) electrons. The number of pyridine rings is 1. The molecule has 4 aromatic rings. The lowest BCUT2D eigenvalue weighted by Gasteiger charge is -2.19. The average Bonchev–Trinajstić information content (AvgIpc) is 2.83. The zero-order valence-corrected chi connectivity index (χ0v) is 18.5. The van der Waals surface area contributed by atoms with E-state index in [0.717, 1.165) is 10.9 Å². The molecule has 2 aromatic carbocycles. The molecule has 1 unspecified atom stereocenters. The van der Waals surface area contributed by atoms with E-state index in [9.17, 15) is 10.1 Å². The van der Waals surface area contributed by atoms with Gasteiger partial charge < -0.3 is 16.4 Å². The summed E-state index contributed by atoms with van der Waals surface area (Å²) < 4.78 is 0. The summed E-state index contributed by atoms with van der Waals surface area (Å²) in [7, 11) is 0. The number of nitrogens with zero attached hydrogens (tertiary/aromatic N) is 4. The predicted molar refractivity (Wildman–Crippen MR) is 128 cm³/mol. The normalized spacial score (nSPS) is 11.5. The fourth-order valence-corrected chi connectivity index (χ4v) is 3.68. The van der Waals surface area contributed by atoms with Gasteiger partial charge in [-0.2, -0.15) is 5.26 Å². The molecule has 2 heterocycles. The summed E-state index contributed by atoms with van der Waals surface area (Å²) in [6, 6.07) is 18.3. The number of para-hydroxylation sites is 1. The highest BCUT2D eigenvalue weighted by Crippen LogP contribution is 2.29. The zero-order chi connectivity index (χ0) is 23.4. The number of nitrogen functional groups attached to an aromatic ring is 1. The van der Waals surface area contributed by atoms with Crippen molar-refractivity contribution in [2.24, 2.45) is 0 Å². The number of nitrogens with two attached hydrogens (primary N) is 1. The van der Waals surface area contributed by atoms with E-state index >= 15 is 0 Å². The van der Waals surface area contributed by atoms with Crippen molar-refractivity contribution in [1.82, 2.24) is 20.3 Å². The average molecular weight is 458 g/mol. The third-order valence-corrected chi connectivity index (χ3v) is 5.42. The van der Waals surface area contributed by atoms with Crippen molar-refractivity contribution in [3.63, 3.8) is 0 Å². The van der Waals surface area contributed by atoms with E-state index in [0.29, 0.717) is 28.3 Å². The number of nitrogens with one attached hydrogen (secondary N) is 2. The summed E-state index contributed by atoms with van der Waals surface area (Å²) >= 11 is 6.37. The van der Waals surface area contributed by atoms with Crippen LogP contribution in [0.25, 0.3) is 10.9 Å². The second-order valence-electron chi connectivity index (χ2n) is 7.36. The Kier molecular flexibility index (Phi) is 6.33. The highest BCUT2D eigenvalue weighted by molar-refractivity contribution is 6.35. The minimum atomic E-state index is -0.496. The number of benzene rings is 2. The Labute approximate surface area is 195 Å². The Morgan fingerprint density at radius 1 is 1.18 bits per heavy atom. The monoisotopic (exact) mass is 457 g/mol. The van der Waals surface area contributed by atoms with Gasteiger partial charge in [-0.05, 0) is 24.6 Å². The van der Waals surface area contributed by atoms with Gasteiger partial charge in [0.1, 0.15) is 29.6 Å². The molecule has 0 saturated heterocycles. The van der Waals surface area contributed by atoms with Crippen molar-refractivity contribution < 1.29 is 4.79 Å². The van der Waals surface area contributed by atoms with Crippen LogP contribution in [-0.4, -0.2) is 20.9 Å². The summed E-state index contributed by atoms with van der Waals surface area (Å²) in [6.07, 6.45) is 1.27. The number of anilines is 2. The molecule has 0 aliphatic rings. The highest BCUT2D eigenvalue weighted by Gasteiger charge is 2.22. The molecule has 9 heteroatoms. The summed E-state index contributed by atoms with van der Waals surface area (Å²) in [6.45, 7) is 2.19. The Bertz CT molecular complexity index is 1370. The molecule has 0 saturated carbocycles. The van der Waals surface area contributed by atoms with Crippen LogP contribution < -0.4 is 16.4 Å². The number of halogens is 1. The molecule has 4 N–H and O–H groups in total. The molecule has 0 aliphatic heterocycles. The Morgan fingerprint density at radius 2 is 1.97 bits per heavy atom. The van der Waals surface area contributed by atoms with Gasteiger partial charge in [0.2, 0.25) is 0 Å². The van der Waals surface area contributed by atoms with Crippen molar-refractivity contribution in [3.05, 3.63) is 88.3 Å². The molecular weight excluding hydrogens is 438 g/mol. The SMILES string of the molecule is CC(Nc1ncnc(N)c1C#N)c1nc2c(Cl)cccc2cc1C(=O)NCc1ccccc1. The smallest absolute Gasteiger partial charge is 0.253 e. The maximum absolute atomic E-state index is 13.2. The van der Waals surface area contributed by atoms with E-state index < -0.39 is 6.04 Å². The molecule has 2 aromatic heterocycles. The molecule has 0 aliphatic carbocycles. The van der Waals surface area contributed by atoms with Crippen molar-refractivity contribution in [3.8, 4) is 6.07 Å². The van der Waals surface area contributed by atoms with Crippen LogP contribution in [0, 0.1) is 11.3 Å². The number of hydrogen-bond donors (Lipinski definition) is 3. The van der Waals surface area contributed by atoms with E-state index in [1.54, 1.807) is 12.1 Å². The second-order valence-corrected chi connectivity index (χ2v) is 7.77. The second kappa shape index (κ2) is 9.51. The summed E-state index contributed by atoms with van der Waals surface area (Å²) in [5.74, 6) is 0.0475. The molecule has 1 atom stereocenters. The third kappa shape index (κ3) is 4.68. The Morgan fingerprint density at radius 3 is 2.73 bits per heavy atom. The largest absolute Gasteiger partial charge is 0.382 e. The topological polar surface area (TPSA) is 130 Å². The van der Waals surface area contributed by atoms with E-state index in [1.807, 2.05) is 55.5 Å². The van der Waals surface area contributed by atoms with E-state index in [-0.39, 0.29) is 23.1 Å². The number of hydrogen-bond acceptors (Lipinski definition) is 7. The van der Waals surface area contributed by atoms with Crippen LogP contribution in [-0.2, 0) is 6.54 Å². The van der Waals surface area contributed by atoms with Crippen LogP contribution in [0.2, 0.25) is 5.02 Å². The van der Waals surface area contributed by atoms with Crippen LogP contribution in [0.3, 0.4) is 0 Å². The standard InChI is InChI=1S/C24H20ClN7O/c1-14(31-23-18(11-26)22(27)29-13-30-23)20-17(10-16-8-5-9-19(25)21(16)32-20)24(33)28-12-15-6-3-2-4-7-15/h2-10,13-14H,12H2,1H3,(H,28,33)(H3,27,29,30,31). The molecule has 0 bridgehead atoms. The van der Waals surface area contributed by atoms with E-state index in [2.05, 4.69) is 20.6 Å². The summed E-state index contributed by atoms with van der Waals surface area (Å²) in [5, 5.41) is 16.7. The number of fused-ring (bicyclic) bond motifs is 1. The number of nitriles is 1. The van der Waals surface area contributed by atoms with Gasteiger partial charge in [-0.3, -0.25) is 4.79 Å². The molecule has 1 amide bonds. The van der Waals surface area contributed by atoms with Gasteiger partial charge in [0, 0.05) is 11.9 Å². The number of aromatic nitrogens is 3. The lowest BCUT2D eigenvalue weighted by atomic mass is 10.0. The third-order valence-electron chi connectivity index (χ3n) is 5.12. The first kappa shape index (κ1) is 22.0. The maximum Gasteiger partial charge on any atom is 0.253 e. The van der Waals surface area contributed by atoms with Gasteiger partial charge in [0.25, 0.3) is 5.91 Å². The first-order chi connectivity index (χ1) is 16.0. The lowest BCUT2D eigenvalue weighted by Crippen LogP contribution is -2.26. The van der Waals surface area contributed by atoms with Gasteiger partial charge in [-0.25, -0.2) is 15.0 Å². The lowest BCUT2D eigenvalue weighted by molar-refractivity contribution is 0.0949. The fourth-order valence-electron chi connectivity index (χ4n) is 3.45. The van der Waals surface area contributed by atoms with Gasteiger partial charge in [0.15, 0.2) is 0 Å². The molecule has 8 nitrogen and oxygen atoms in total. The first-order valence-corrected chi connectivity index (χ1v) is 10.5. The highest BCUT2D eigenvalue weighted by atomic mass is 35.5. The Balaban J connectivity index is 1.72. The van der Waals surface area contributed by atoms with Gasteiger partial charge in [0.05, 0.1) is 27.8 Å². The molecular formula is C24H20ClN7O. The van der Waals surface area contributed by atoms with Gasteiger partial charge >= 0.3 is 0 Å². The first-order valence-electron chi connectivity index (χ1n) is 10.2. The minimum Gasteiger partial charge on any atom is -0.382 e. The molecule has 164 valence electrons. The molecule has 0 fully saturated rings. The number of carbonyl (C=O) groups excluding carboxylic acids is 1. The van der Waals surface area contributed by atoms with Crippen LogP contribution >= 0.6 is 11.6 Å². The van der Waals surface area contributed by atoms with Crippen molar-refractivity contribution >= 4 is 40.0 Å². The summed E-state index contributed by atoms with van der Waals surface area (Å²) in [5.41, 5.74) is 8.33. The predicted octanol–water partition coefficient (Wildman–Crippen LogP) is 4.24. The molecule has 4 rings (SSSR count). The van der Waals surface area contributed by atoms with Crippen LogP contribution in [0.4, 0.5) is 11.6 Å². The van der Waals surface area contributed by atoms with E-state index in [4.69, 9.17) is 22.3 Å². The number of carbonyl (C=O) groups is 1. The van der Waals surface area contributed by atoms with Crippen LogP contribution in [0.15, 0.2) is 60.9 Å². The fraction of sp³-hybridized carbons (Fsp3) is 0.125. The van der Waals surface area contributed by atoms with Gasteiger partial charge in [-0.1, -0.05) is 54.1 Å². The van der Waals surface area contributed by atoms with Crippen LogP contribution in [0.5, 0.6) is 0 Å². The summed E-state index contributed by atoms with van der Waals surface area (Å²) in [4.78, 5) is 25.9. The number of amides is 1. The molecule has 0 spiro atoms. The number of rotatable bonds is 6. The molecule has 33 heavy (non-hydrogen) atoms. The van der Waals surface area contributed by atoms with Crippen LogP contribution in [0.1, 0.15) is 40.1 Å². The van der Waals surface area contributed by atoms with Crippen molar-refractivity contribution in [2.75, 3.05) is 11.1 Å². The van der Waals surface area contributed by atoms with Gasteiger partial charge in [-0.15, -0.1) is 0 Å². The quantitative estimate of drug-likeness (QED) is 0.395. The Hall–Kier alpha value is -4.22.